The van der Waals surface area contributed by atoms with Gasteiger partial charge in [-0.3, -0.25) is 0 Å². The van der Waals surface area contributed by atoms with Crippen LogP contribution in [-0.4, -0.2) is 36.3 Å². The van der Waals surface area contributed by atoms with Crippen molar-refractivity contribution in [1.29, 1.82) is 0 Å². The minimum absolute atomic E-state index is 0.248. The first-order valence-electron chi connectivity index (χ1n) is 4.19. The number of thiazole rings is 1. The van der Waals surface area contributed by atoms with Gasteiger partial charge < -0.3 is 5.11 Å². The molecule has 2 aromatic rings. The average molecular weight is 257 g/mol. The van der Waals surface area contributed by atoms with Crippen molar-refractivity contribution in [3.05, 3.63) is 10.6 Å². The van der Waals surface area contributed by atoms with Crippen LogP contribution >= 0.6 is 23.1 Å². The van der Waals surface area contributed by atoms with E-state index in [0.29, 0.717) is 15.2 Å². The van der Waals surface area contributed by atoms with Crippen LogP contribution in [0.3, 0.4) is 0 Å². The molecule has 0 fully saturated rings. The Bertz CT molecular complexity index is 535. The highest BCUT2D eigenvalue weighted by Gasteiger charge is 2.16. The van der Waals surface area contributed by atoms with Crippen LogP contribution in [0, 0.1) is 6.92 Å². The third kappa shape index (κ3) is 2.04. The van der Waals surface area contributed by atoms with E-state index in [1.807, 2.05) is 0 Å². The van der Waals surface area contributed by atoms with Crippen molar-refractivity contribution in [2.45, 2.75) is 16.4 Å². The molecule has 0 atom stereocenters. The summed E-state index contributed by atoms with van der Waals surface area (Å²) < 4.78 is 2.12. The Labute approximate surface area is 98.5 Å². The van der Waals surface area contributed by atoms with Crippen LogP contribution in [0.1, 0.15) is 15.4 Å². The fourth-order valence-corrected chi connectivity index (χ4v) is 2.86. The fourth-order valence-electron chi connectivity index (χ4n) is 1.000. The maximum Gasteiger partial charge on any atom is 0.347 e. The average Bonchev–Trinajstić information content (AvgIpc) is 2.75. The van der Waals surface area contributed by atoms with Gasteiger partial charge in [0, 0.05) is 7.05 Å². The lowest BCUT2D eigenvalue weighted by Gasteiger charge is -1.92. The molecule has 2 aromatic heterocycles. The Morgan fingerprint density at radius 1 is 1.56 bits per heavy atom. The standard InChI is InChI=1S/C7H7N5O2S2/c1-3-4(5(13)14)15-7(8-3)16-6-9-10-11-12(6)2/h1-2H3,(H,13,14). The van der Waals surface area contributed by atoms with Crippen molar-refractivity contribution < 1.29 is 9.90 Å². The van der Waals surface area contributed by atoms with Crippen molar-refractivity contribution in [3.63, 3.8) is 0 Å². The lowest BCUT2D eigenvalue weighted by atomic mass is 10.4. The zero-order valence-corrected chi connectivity index (χ0v) is 10.0. The second-order valence-electron chi connectivity index (χ2n) is 2.89. The topological polar surface area (TPSA) is 93.8 Å². The summed E-state index contributed by atoms with van der Waals surface area (Å²) in [5.41, 5.74) is 0.509. The Balaban J connectivity index is 2.26. The summed E-state index contributed by atoms with van der Waals surface area (Å²) in [5.74, 6) is -0.960. The highest BCUT2D eigenvalue weighted by molar-refractivity contribution is 8.00. The number of rotatable bonds is 3. The number of carbonyl (C=O) groups is 1. The van der Waals surface area contributed by atoms with E-state index in [1.165, 1.54) is 16.4 Å². The van der Waals surface area contributed by atoms with Gasteiger partial charge in [-0.05, 0) is 29.1 Å². The van der Waals surface area contributed by atoms with Crippen LogP contribution in [0.25, 0.3) is 0 Å². The SMILES string of the molecule is Cc1nc(Sc2nnnn2C)sc1C(=O)O. The van der Waals surface area contributed by atoms with Crippen molar-refractivity contribution in [2.75, 3.05) is 0 Å². The first-order valence-corrected chi connectivity index (χ1v) is 5.82. The molecule has 0 saturated carbocycles. The van der Waals surface area contributed by atoms with Crippen molar-refractivity contribution in [3.8, 4) is 0 Å². The molecule has 9 heteroatoms. The van der Waals surface area contributed by atoms with E-state index in [-0.39, 0.29) is 4.88 Å². The number of nitrogens with zero attached hydrogens (tertiary/aromatic N) is 5. The molecule has 0 saturated heterocycles. The molecule has 2 rings (SSSR count). The fraction of sp³-hybridized carbons (Fsp3) is 0.286. The van der Waals surface area contributed by atoms with Crippen molar-refractivity contribution in [1.82, 2.24) is 25.2 Å². The maximum atomic E-state index is 10.8. The van der Waals surface area contributed by atoms with E-state index in [0.717, 1.165) is 11.3 Å². The summed E-state index contributed by atoms with van der Waals surface area (Å²) in [7, 11) is 1.71. The number of aromatic nitrogens is 5. The molecular weight excluding hydrogens is 250 g/mol. The number of carboxylic acid groups (broad SMARTS) is 1. The number of aryl methyl sites for hydroxylation is 2. The molecule has 0 amide bonds. The summed E-state index contributed by atoms with van der Waals surface area (Å²) in [5, 5.41) is 20.4. The zero-order valence-electron chi connectivity index (χ0n) is 8.41. The third-order valence-corrected chi connectivity index (χ3v) is 3.97. The van der Waals surface area contributed by atoms with Crippen LogP contribution in [-0.2, 0) is 7.05 Å². The molecule has 2 heterocycles. The van der Waals surface area contributed by atoms with E-state index in [2.05, 4.69) is 20.5 Å². The largest absolute Gasteiger partial charge is 0.477 e. The second-order valence-corrected chi connectivity index (χ2v) is 5.10. The van der Waals surface area contributed by atoms with Gasteiger partial charge in [-0.25, -0.2) is 14.5 Å². The van der Waals surface area contributed by atoms with Crippen molar-refractivity contribution >= 4 is 29.1 Å². The maximum absolute atomic E-state index is 10.8. The van der Waals surface area contributed by atoms with E-state index >= 15 is 0 Å². The number of tetrazole rings is 1. The summed E-state index contributed by atoms with van der Waals surface area (Å²) >= 11 is 2.36. The molecule has 16 heavy (non-hydrogen) atoms. The Morgan fingerprint density at radius 2 is 2.31 bits per heavy atom. The van der Waals surface area contributed by atoms with Crippen LogP contribution in [0.4, 0.5) is 0 Å². The van der Waals surface area contributed by atoms with Crippen LogP contribution in [0.15, 0.2) is 9.50 Å². The number of aromatic carboxylic acids is 1. The molecule has 7 nitrogen and oxygen atoms in total. The summed E-state index contributed by atoms with van der Waals surface area (Å²) in [6.45, 7) is 1.67. The highest BCUT2D eigenvalue weighted by Crippen LogP contribution is 2.30. The second kappa shape index (κ2) is 4.18. The minimum atomic E-state index is -0.960. The van der Waals surface area contributed by atoms with E-state index in [1.54, 1.807) is 14.0 Å². The van der Waals surface area contributed by atoms with E-state index < -0.39 is 5.97 Å². The summed E-state index contributed by atoms with van der Waals surface area (Å²) in [6.07, 6.45) is 0. The number of hydrogen-bond donors (Lipinski definition) is 1. The molecule has 0 radical (unpaired) electrons. The Kier molecular flexibility index (Phi) is 2.88. The Hall–Kier alpha value is -1.48. The highest BCUT2D eigenvalue weighted by atomic mass is 32.2. The van der Waals surface area contributed by atoms with Gasteiger partial charge in [0.05, 0.1) is 5.69 Å². The molecule has 0 spiro atoms. The lowest BCUT2D eigenvalue weighted by molar-refractivity contribution is 0.0701. The number of hydrogen-bond acceptors (Lipinski definition) is 7. The van der Waals surface area contributed by atoms with Crippen molar-refractivity contribution in [2.24, 2.45) is 7.05 Å². The molecule has 1 N–H and O–H groups in total. The van der Waals surface area contributed by atoms with Gasteiger partial charge >= 0.3 is 5.97 Å². The predicted molar refractivity (Wildman–Crippen MR) is 56.7 cm³/mol. The smallest absolute Gasteiger partial charge is 0.347 e. The molecule has 84 valence electrons. The van der Waals surface area contributed by atoms with Gasteiger partial charge in [-0.15, -0.1) is 5.10 Å². The van der Waals surface area contributed by atoms with Gasteiger partial charge in [-0.2, -0.15) is 0 Å². The molecule has 0 unspecified atom stereocenters. The van der Waals surface area contributed by atoms with Gasteiger partial charge in [0.15, 0.2) is 4.34 Å². The monoisotopic (exact) mass is 257 g/mol. The van der Waals surface area contributed by atoms with E-state index in [4.69, 9.17) is 5.11 Å². The Morgan fingerprint density at radius 3 is 2.81 bits per heavy atom. The predicted octanol–water partition coefficient (Wildman–Crippen LogP) is 0.824. The van der Waals surface area contributed by atoms with Gasteiger partial charge in [0.25, 0.3) is 0 Å². The van der Waals surface area contributed by atoms with Gasteiger partial charge in [-0.1, -0.05) is 11.3 Å². The van der Waals surface area contributed by atoms with Gasteiger partial charge in [0.2, 0.25) is 5.16 Å². The normalized spacial score (nSPS) is 10.6. The minimum Gasteiger partial charge on any atom is -0.477 e. The van der Waals surface area contributed by atoms with E-state index in [9.17, 15) is 4.79 Å². The molecule has 0 aromatic carbocycles. The lowest BCUT2D eigenvalue weighted by Crippen LogP contribution is -1.94. The molecular formula is C7H7N5O2S2. The number of carboxylic acids is 1. The molecule has 0 bridgehead atoms. The first-order chi connectivity index (χ1) is 7.58. The summed E-state index contributed by atoms with van der Waals surface area (Å²) in [6, 6.07) is 0. The zero-order chi connectivity index (χ0) is 11.7. The summed E-state index contributed by atoms with van der Waals surface area (Å²) in [4.78, 5) is 15.2. The molecule has 0 aliphatic rings. The quantitative estimate of drug-likeness (QED) is 0.870. The molecule has 0 aliphatic heterocycles. The van der Waals surface area contributed by atoms with Crippen LogP contribution in [0.5, 0.6) is 0 Å². The van der Waals surface area contributed by atoms with Crippen LogP contribution < -0.4 is 0 Å². The van der Waals surface area contributed by atoms with Crippen LogP contribution in [0.2, 0.25) is 0 Å². The third-order valence-electron chi connectivity index (χ3n) is 1.73. The first kappa shape index (κ1) is 11.0. The molecule has 0 aliphatic carbocycles. The van der Waals surface area contributed by atoms with Gasteiger partial charge in [0.1, 0.15) is 4.88 Å².